The number of rotatable bonds is 4. The predicted molar refractivity (Wildman–Crippen MR) is 117 cm³/mol. The van der Waals surface area contributed by atoms with Crippen molar-refractivity contribution < 1.29 is 19.5 Å². The smallest absolute Gasteiger partial charge is 0.328 e. The number of likely N-dealkylation sites (tertiary alicyclic amines) is 1. The summed E-state index contributed by atoms with van der Waals surface area (Å²) in [6.07, 6.45) is 5.03. The normalized spacial score (nSPS) is 17.1. The molecule has 1 amide bonds. The van der Waals surface area contributed by atoms with Crippen LogP contribution in [0, 0.1) is 0 Å². The van der Waals surface area contributed by atoms with E-state index in [4.69, 9.17) is 28.3 Å². The molecule has 1 fully saturated rings. The number of Topliss-reactive ketones (excluding diaryl/α,β-unsaturated/α-hetero) is 1. The molecule has 3 rings (SSSR count). The molecule has 1 saturated heterocycles. The van der Waals surface area contributed by atoms with E-state index in [1.807, 2.05) is 0 Å². The van der Waals surface area contributed by atoms with Crippen LogP contribution < -0.4 is 0 Å². The molecule has 0 radical (unpaired) electrons. The van der Waals surface area contributed by atoms with Crippen LogP contribution in [0.5, 0.6) is 0 Å². The number of carbonyl (C=O) groups is 3. The van der Waals surface area contributed by atoms with Crippen molar-refractivity contribution in [3.63, 3.8) is 0 Å². The van der Waals surface area contributed by atoms with Gasteiger partial charge in [-0.15, -0.1) is 0 Å². The molecule has 7 heteroatoms. The van der Waals surface area contributed by atoms with Gasteiger partial charge in [0.25, 0.3) is 0 Å². The van der Waals surface area contributed by atoms with Gasteiger partial charge in [-0.2, -0.15) is 0 Å². The Morgan fingerprint density at radius 3 is 1.73 bits per heavy atom. The molecule has 1 aliphatic heterocycles. The SMILES string of the molecule is O=C(O)C=CC(=O)N1CC(=Cc2ccccc2Cl)C(=O)C(=Cc2ccccc2Cl)C1. The van der Waals surface area contributed by atoms with Crippen LogP contribution in [0.1, 0.15) is 11.1 Å². The van der Waals surface area contributed by atoms with Crippen LogP contribution in [0.2, 0.25) is 10.0 Å². The second kappa shape index (κ2) is 9.57. The maximum absolute atomic E-state index is 13.1. The van der Waals surface area contributed by atoms with E-state index in [1.54, 1.807) is 60.7 Å². The Labute approximate surface area is 183 Å². The van der Waals surface area contributed by atoms with Gasteiger partial charge in [-0.25, -0.2) is 4.79 Å². The van der Waals surface area contributed by atoms with Crippen LogP contribution in [0.15, 0.2) is 71.8 Å². The molecule has 30 heavy (non-hydrogen) atoms. The van der Waals surface area contributed by atoms with Crippen molar-refractivity contribution in [1.29, 1.82) is 0 Å². The van der Waals surface area contributed by atoms with Gasteiger partial charge >= 0.3 is 5.97 Å². The van der Waals surface area contributed by atoms with E-state index >= 15 is 0 Å². The maximum atomic E-state index is 13.1. The summed E-state index contributed by atoms with van der Waals surface area (Å²) in [5, 5.41) is 9.74. The first kappa shape index (κ1) is 21.6. The number of carboxylic acids is 1. The van der Waals surface area contributed by atoms with Gasteiger partial charge in [0.2, 0.25) is 5.91 Å². The van der Waals surface area contributed by atoms with Gasteiger partial charge in [0.15, 0.2) is 5.78 Å². The highest BCUT2D eigenvalue weighted by Crippen LogP contribution is 2.26. The average Bonchev–Trinajstić information content (AvgIpc) is 2.72. The second-order valence-electron chi connectivity index (χ2n) is 6.58. The standard InChI is InChI=1S/C23H17Cl2NO4/c24-19-7-3-1-5-15(19)11-17-13-26(21(27)9-10-22(28)29)14-18(23(17)30)12-16-6-2-4-8-20(16)25/h1-12H,13-14H2,(H,28,29). The Balaban J connectivity index is 2.03. The second-order valence-corrected chi connectivity index (χ2v) is 7.39. The highest BCUT2D eigenvalue weighted by molar-refractivity contribution is 6.33. The molecule has 2 aromatic carbocycles. The summed E-state index contributed by atoms with van der Waals surface area (Å²) in [5.74, 6) is -1.96. The lowest BCUT2D eigenvalue weighted by atomic mass is 9.94. The third-order valence-corrected chi connectivity index (χ3v) is 5.14. The molecule has 0 saturated carbocycles. The number of carbonyl (C=O) groups excluding carboxylic acids is 2. The molecule has 1 heterocycles. The highest BCUT2D eigenvalue weighted by Gasteiger charge is 2.28. The van der Waals surface area contributed by atoms with E-state index in [9.17, 15) is 14.4 Å². The molecule has 1 aliphatic rings. The summed E-state index contributed by atoms with van der Waals surface area (Å²) in [6, 6.07) is 14.1. The van der Waals surface area contributed by atoms with E-state index in [1.165, 1.54) is 4.90 Å². The zero-order chi connectivity index (χ0) is 21.7. The Kier molecular flexibility index (Phi) is 6.87. The molecule has 0 aromatic heterocycles. The number of benzene rings is 2. The minimum atomic E-state index is -1.23. The van der Waals surface area contributed by atoms with Crippen LogP contribution in [0.3, 0.4) is 0 Å². The van der Waals surface area contributed by atoms with E-state index in [0.717, 1.165) is 12.2 Å². The number of nitrogens with zero attached hydrogens (tertiary/aromatic N) is 1. The van der Waals surface area contributed by atoms with Gasteiger partial charge in [0.1, 0.15) is 0 Å². The minimum absolute atomic E-state index is 0.0344. The molecule has 0 unspecified atom stereocenters. The topological polar surface area (TPSA) is 74.7 Å². The Bertz CT molecular complexity index is 1030. The van der Waals surface area contributed by atoms with Gasteiger partial charge in [0, 0.05) is 33.3 Å². The largest absolute Gasteiger partial charge is 0.478 e. The number of aliphatic carboxylic acids is 1. The molecule has 1 N–H and O–H groups in total. The van der Waals surface area contributed by atoms with Gasteiger partial charge in [0.05, 0.1) is 13.1 Å². The number of carboxylic acid groups (broad SMARTS) is 1. The van der Waals surface area contributed by atoms with Crippen molar-refractivity contribution in [3.8, 4) is 0 Å². The summed E-state index contributed by atoms with van der Waals surface area (Å²) in [7, 11) is 0. The Hall–Kier alpha value is -3.15. The van der Waals surface area contributed by atoms with Crippen LogP contribution in [-0.2, 0) is 14.4 Å². The lowest BCUT2D eigenvalue weighted by Gasteiger charge is -2.29. The van der Waals surface area contributed by atoms with Crippen molar-refractivity contribution in [2.45, 2.75) is 0 Å². The summed E-state index contributed by atoms with van der Waals surface area (Å²) in [5.41, 5.74) is 2.03. The first-order valence-electron chi connectivity index (χ1n) is 9.00. The highest BCUT2D eigenvalue weighted by atomic mass is 35.5. The Morgan fingerprint density at radius 1 is 0.833 bits per heavy atom. The van der Waals surface area contributed by atoms with Crippen molar-refractivity contribution in [2.75, 3.05) is 13.1 Å². The summed E-state index contributed by atoms with van der Waals surface area (Å²) >= 11 is 12.4. The molecular formula is C23H17Cl2NO4. The molecule has 0 aliphatic carbocycles. The maximum Gasteiger partial charge on any atom is 0.328 e. The number of halogens is 2. The first-order chi connectivity index (χ1) is 14.3. The fourth-order valence-electron chi connectivity index (χ4n) is 3.00. The third-order valence-electron chi connectivity index (χ3n) is 4.46. The molecule has 152 valence electrons. The van der Waals surface area contributed by atoms with Crippen molar-refractivity contribution >= 4 is 53.0 Å². The number of ketones is 1. The van der Waals surface area contributed by atoms with Crippen LogP contribution in [0.25, 0.3) is 12.2 Å². The van der Waals surface area contributed by atoms with Crippen molar-refractivity contribution in [1.82, 2.24) is 4.90 Å². The van der Waals surface area contributed by atoms with Gasteiger partial charge in [-0.1, -0.05) is 59.6 Å². The number of piperidine rings is 1. The average molecular weight is 442 g/mol. The fourth-order valence-corrected chi connectivity index (χ4v) is 3.38. The Morgan fingerprint density at radius 2 is 1.30 bits per heavy atom. The minimum Gasteiger partial charge on any atom is -0.478 e. The number of amides is 1. The van der Waals surface area contributed by atoms with E-state index < -0.39 is 11.9 Å². The molecular weight excluding hydrogens is 425 g/mol. The van der Waals surface area contributed by atoms with Crippen LogP contribution in [0.4, 0.5) is 0 Å². The first-order valence-corrected chi connectivity index (χ1v) is 9.75. The lowest BCUT2D eigenvalue weighted by molar-refractivity contribution is -0.132. The molecule has 0 spiro atoms. The van der Waals surface area contributed by atoms with Crippen LogP contribution in [-0.4, -0.2) is 40.8 Å². The summed E-state index contributed by atoms with van der Waals surface area (Å²) < 4.78 is 0. The number of hydrogen-bond donors (Lipinski definition) is 1. The van der Waals surface area contributed by atoms with E-state index in [2.05, 4.69) is 0 Å². The van der Waals surface area contributed by atoms with Crippen molar-refractivity contribution in [2.24, 2.45) is 0 Å². The lowest BCUT2D eigenvalue weighted by Crippen LogP contribution is -2.40. The van der Waals surface area contributed by atoms with E-state index in [0.29, 0.717) is 32.3 Å². The monoisotopic (exact) mass is 441 g/mol. The molecule has 2 aromatic rings. The quantitative estimate of drug-likeness (QED) is 0.707. The molecule has 0 bridgehead atoms. The zero-order valence-corrected chi connectivity index (χ0v) is 17.2. The van der Waals surface area contributed by atoms with Crippen molar-refractivity contribution in [3.05, 3.63) is 93.0 Å². The predicted octanol–water partition coefficient (Wildman–Crippen LogP) is 4.51. The van der Waals surface area contributed by atoms with E-state index in [-0.39, 0.29) is 18.9 Å². The van der Waals surface area contributed by atoms with Gasteiger partial charge in [-0.05, 0) is 35.4 Å². The molecule has 0 atom stereocenters. The van der Waals surface area contributed by atoms with Gasteiger partial charge < -0.3 is 10.0 Å². The zero-order valence-electron chi connectivity index (χ0n) is 15.7. The number of hydrogen-bond acceptors (Lipinski definition) is 3. The van der Waals surface area contributed by atoms with Crippen LogP contribution >= 0.6 is 23.2 Å². The summed E-state index contributed by atoms with van der Waals surface area (Å²) in [6.45, 7) is 0.0689. The third kappa shape index (κ3) is 5.26. The van der Waals surface area contributed by atoms with Gasteiger partial charge in [-0.3, -0.25) is 9.59 Å². The summed E-state index contributed by atoms with van der Waals surface area (Å²) in [4.78, 5) is 37.8. The molecule has 5 nitrogen and oxygen atoms in total. The fraction of sp³-hybridized carbons (Fsp3) is 0.0870.